The van der Waals surface area contributed by atoms with Crippen LogP contribution in [0.25, 0.3) is 0 Å². The van der Waals surface area contributed by atoms with Crippen molar-refractivity contribution >= 4 is 11.7 Å². The van der Waals surface area contributed by atoms with Crippen LogP contribution in [0.1, 0.15) is 33.1 Å². The molecule has 0 saturated heterocycles. The van der Waals surface area contributed by atoms with Gasteiger partial charge in [-0.05, 0) is 43.2 Å². The molecule has 0 amide bonds. The molecule has 1 aromatic rings. The summed E-state index contributed by atoms with van der Waals surface area (Å²) in [4.78, 5) is 13.2. The van der Waals surface area contributed by atoms with Crippen molar-refractivity contribution in [2.24, 2.45) is 11.8 Å². The third kappa shape index (κ3) is 3.49. The lowest BCUT2D eigenvalue weighted by Gasteiger charge is -2.39. The fourth-order valence-electron chi connectivity index (χ4n) is 3.00. The first-order valence-electron chi connectivity index (χ1n) is 7.11. The molecule has 2 rings (SSSR count). The highest BCUT2D eigenvalue weighted by molar-refractivity contribution is 5.74. The van der Waals surface area contributed by atoms with Gasteiger partial charge in [-0.2, -0.15) is 0 Å². The number of hydrogen-bond donors (Lipinski definition) is 1. The van der Waals surface area contributed by atoms with Gasteiger partial charge < -0.3 is 10.0 Å². The van der Waals surface area contributed by atoms with Crippen LogP contribution in [0.15, 0.2) is 30.3 Å². The molecule has 3 unspecified atom stereocenters. The summed E-state index contributed by atoms with van der Waals surface area (Å²) in [5, 5.41) is 9.15. The van der Waals surface area contributed by atoms with Gasteiger partial charge in [-0.1, -0.05) is 32.0 Å². The monoisotopic (exact) mass is 261 g/mol. The van der Waals surface area contributed by atoms with Crippen LogP contribution in [0, 0.1) is 11.8 Å². The first-order chi connectivity index (χ1) is 9.08. The van der Waals surface area contributed by atoms with Crippen molar-refractivity contribution < 1.29 is 9.90 Å². The molecule has 104 valence electrons. The Bertz CT molecular complexity index is 418. The maximum atomic E-state index is 11.1. The Kier molecular flexibility index (Phi) is 4.46. The number of aliphatic carboxylic acids is 1. The molecule has 1 aliphatic rings. The molecule has 0 aliphatic heterocycles. The molecule has 0 radical (unpaired) electrons. The zero-order valence-electron chi connectivity index (χ0n) is 11.7. The summed E-state index contributed by atoms with van der Waals surface area (Å²) < 4.78 is 0. The van der Waals surface area contributed by atoms with Crippen molar-refractivity contribution in [3.8, 4) is 0 Å². The second kappa shape index (κ2) is 6.09. The third-order valence-electron chi connectivity index (χ3n) is 4.40. The van der Waals surface area contributed by atoms with E-state index < -0.39 is 5.97 Å². The average molecular weight is 261 g/mol. The average Bonchev–Trinajstić information content (AvgIpc) is 2.40. The maximum Gasteiger partial charge on any atom is 0.323 e. The normalized spacial score (nSPS) is 26.9. The van der Waals surface area contributed by atoms with Crippen molar-refractivity contribution in [3.63, 3.8) is 0 Å². The van der Waals surface area contributed by atoms with E-state index in [-0.39, 0.29) is 6.54 Å². The van der Waals surface area contributed by atoms with Gasteiger partial charge in [0.15, 0.2) is 0 Å². The summed E-state index contributed by atoms with van der Waals surface area (Å²) in [5.74, 6) is 0.660. The molecule has 1 fully saturated rings. The van der Waals surface area contributed by atoms with E-state index in [0.29, 0.717) is 12.0 Å². The van der Waals surface area contributed by atoms with Crippen LogP contribution < -0.4 is 4.90 Å². The van der Waals surface area contributed by atoms with Crippen molar-refractivity contribution in [3.05, 3.63) is 30.3 Å². The second-order valence-corrected chi connectivity index (χ2v) is 5.78. The second-order valence-electron chi connectivity index (χ2n) is 5.78. The zero-order chi connectivity index (χ0) is 13.8. The van der Waals surface area contributed by atoms with E-state index >= 15 is 0 Å². The number of rotatable bonds is 4. The molecule has 1 aliphatic carbocycles. The summed E-state index contributed by atoms with van der Waals surface area (Å²) in [6.45, 7) is 4.67. The van der Waals surface area contributed by atoms with Crippen LogP contribution in [0.2, 0.25) is 0 Å². The van der Waals surface area contributed by atoms with E-state index in [4.69, 9.17) is 5.11 Å². The van der Waals surface area contributed by atoms with Crippen LogP contribution in [0.4, 0.5) is 5.69 Å². The van der Waals surface area contributed by atoms with Gasteiger partial charge in [0.1, 0.15) is 6.54 Å². The number of para-hydroxylation sites is 1. The Morgan fingerprint density at radius 3 is 2.47 bits per heavy atom. The first kappa shape index (κ1) is 13.9. The van der Waals surface area contributed by atoms with Gasteiger partial charge in [-0.15, -0.1) is 0 Å². The minimum atomic E-state index is -0.755. The van der Waals surface area contributed by atoms with Crippen molar-refractivity contribution in [2.75, 3.05) is 11.4 Å². The highest BCUT2D eigenvalue weighted by Gasteiger charge is 2.29. The van der Waals surface area contributed by atoms with Crippen LogP contribution in [0.3, 0.4) is 0 Å². The number of carboxylic acid groups (broad SMARTS) is 1. The lowest BCUT2D eigenvalue weighted by atomic mass is 9.78. The quantitative estimate of drug-likeness (QED) is 0.903. The number of anilines is 1. The zero-order valence-corrected chi connectivity index (χ0v) is 11.7. The molecular weight excluding hydrogens is 238 g/mol. The lowest BCUT2D eigenvalue weighted by molar-refractivity contribution is -0.135. The maximum absolute atomic E-state index is 11.1. The van der Waals surface area contributed by atoms with Gasteiger partial charge in [0, 0.05) is 11.7 Å². The smallest absolute Gasteiger partial charge is 0.323 e. The van der Waals surface area contributed by atoms with Gasteiger partial charge in [0.05, 0.1) is 0 Å². The number of carbonyl (C=O) groups is 1. The van der Waals surface area contributed by atoms with E-state index in [1.807, 2.05) is 30.3 Å². The number of nitrogens with zero attached hydrogens (tertiary/aromatic N) is 1. The minimum absolute atomic E-state index is 0.0930. The van der Waals surface area contributed by atoms with Crippen LogP contribution in [0.5, 0.6) is 0 Å². The van der Waals surface area contributed by atoms with Crippen molar-refractivity contribution in [1.29, 1.82) is 0 Å². The lowest BCUT2D eigenvalue weighted by Crippen LogP contribution is -2.43. The van der Waals surface area contributed by atoms with Gasteiger partial charge in [-0.3, -0.25) is 4.79 Å². The summed E-state index contributed by atoms with van der Waals surface area (Å²) in [5.41, 5.74) is 1.02. The number of benzene rings is 1. The molecule has 3 heteroatoms. The van der Waals surface area contributed by atoms with Crippen LogP contribution in [-0.4, -0.2) is 23.7 Å². The highest BCUT2D eigenvalue weighted by atomic mass is 16.4. The van der Waals surface area contributed by atoms with E-state index in [1.54, 1.807) is 0 Å². The minimum Gasteiger partial charge on any atom is -0.480 e. The standard InChI is InChI=1S/C16H23NO2/c1-12-8-9-15(10-13(12)2)17(11-16(18)19)14-6-4-3-5-7-14/h3-7,12-13,15H,8-11H2,1-2H3,(H,18,19). The molecular formula is C16H23NO2. The predicted molar refractivity (Wildman–Crippen MR) is 77.4 cm³/mol. The molecule has 0 aromatic heterocycles. The molecule has 3 nitrogen and oxygen atoms in total. The summed E-state index contributed by atoms with van der Waals surface area (Å²) >= 11 is 0. The third-order valence-corrected chi connectivity index (χ3v) is 4.40. The Balaban J connectivity index is 2.16. The molecule has 19 heavy (non-hydrogen) atoms. The van der Waals surface area contributed by atoms with Gasteiger partial charge in [0.2, 0.25) is 0 Å². The number of carboxylic acids is 1. The molecule has 1 N–H and O–H groups in total. The van der Waals surface area contributed by atoms with Crippen LogP contribution in [-0.2, 0) is 4.79 Å². The summed E-state index contributed by atoms with van der Waals surface area (Å²) in [6.07, 6.45) is 3.37. The van der Waals surface area contributed by atoms with Crippen molar-refractivity contribution in [2.45, 2.75) is 39.2 Å². The molecule has 1 aromatic carbocycles. The Labute approximate surface area is 115 Å². The fourth-order valence-corrected chi connectivity index (χ4v) is 3.00. The number of hydrogen-bond acceptors (Lipinski definition) is 2. The van der Waals surface area contributed by atoms with Gasteiger partial charge in [0.25, 0.3) is 0 Å². The molecule has 0 bridgehead atoms. The Morgan fingerprint density at radius 2 is 1.89 bits per heavy atom. The van der Waals surface area contributed by atoms with E-state index in [1.165, 1.54) is 6.42 Å². The summed E-state index contributed by atoms with van der Waals surface area (Å²) in [7, 11) is 0. The van der Waals surface area contributed by atoms with Crippen LogP contribution >= 0.6 is 0 Å². The van der Waals surface area contributed by atoms with Crippen molar-refractivity contribution in [1.82, 2.24) is 0 Å². The SMILES string of the molecule is CC1CCC(N(CC(=O)O)c2ccccc2)CC1C. The molecule has 0 heterocycles. The Hall–Kier alpha value is -1.51. The van der Waals surface area contributed by atoms with E-state index in [0.717, 1.165) is 24.4 Å². The topological polar surface area (TPSA) is 40.5 Å². The largest absolute Gasteiger partial charge is 0.480 e. The Morgan fingerprint density at radius 1 is 1.21 bits per heavy atom. The fraction of sp³-hybridized carbons (Fsp3) is 0.562. The van der Waals surface area contributed by atoms with Gasteiger partial charge >= 0.3 is 5.97 Å². The molecule has 3 atom stereocenters. The molecule has 1 saturated carbocycles. The first-order valence-corrected chi connectivity index (χ1v) is 7.11. The summed E-state index contributed by atoms with van der Waals surface area (Å²) in [6, 6.07) is 10.3. The predicted octanol–water partition coefficient (Wildman–Crippen LogP) is 3.40. The van der Waals surface area contributed by atoms with E-state index in [9.17, 15) is 4.79 Å². The van der Waals surface area contributed by atoms with E-state index in [2.05, 4.69) is 18.7 Å². The molecule has 0 spiro atoms. The highest BCUT2D eigenvalue weighted by Crippen LogP contribution is 2.33. The van der Waals surface area contributed by atoms with Gasteiger partial charge in [-0.25, -0.2) is 0 Å².